The zero-order chi connectivity index (χ0) is 31.3. The topological polar surface area (TPSA) is 89.9 Å². The maximum absolute atomic E-state index is 13.9. The maximum Gasteiger partial charge on any atom is 0.329 e. The van der Waals surface area contributed by atoms with Gasteiger partial charge in [-0.3, -0.25) is 4.98 Å². The van der Waals surface area contributed by atoms with Gasteiger partial charge in [-0.2, -0.15) is 0 Å². The van der Waals surface area contributed by atoms with Gasteiger partial charge in [-0.25, -0.2) is 9.18 Å². The minimum atomic E-state index is -1.18. The average Bonchev–Trinajstić information content (AvgIpc) is 3.60. The van der Waals surface area contributed by atoms with Crippen LogP contribution in [0, 0.1) is 17.7 Å². The zero-order valence-electron chi connectivity index (χ0n) is 25.8. The molecule has 4 aliphatic rings. The van der Waals surface area contributed by atoms with Crippen molar-refractivity contribution in [3.8, 4) is 17.2 Å². The number of halogens is 2. The summed E-state index contributed by atoms with van der Waals surface area (Å²) >= 11 is 6.03. The van der Waals surface area contributed by atoms with Gasteiger partial charge in [0.25, 0.3) is 0 Å². The highest BCUT2D eigenvalue weighted by Gasteiger charge is 2.54. The van der Waals surface area contributed by atoms with Crippen molar-refractivity contribution in [1.29, 1.82) is 0 Å². The number of hydrogen-bond acceptors (Lipinski definition) is 6. The molecule has 9 heteroatoms. The molecule has 1 spiro atoms. The van der Waals surface area contributed by atoms with Crippen molar-refractivity contribution in [2.24, 2.45) is 11.8 Å². The summed E-state index contributed by atoms with van der Waals surface area (Å²) in [6.07, 6.45) is 9.29. The molecule has 1 fully saturated rings. The van der Waals surface area contributed by atoms with Gasteiger partial charge in [0, 0.05) is 23.1 Å². The number of pyridine rings is 1. The predicted octanol–water partition coefficient (Wildman–Crippen LogP) is 8.07. The number of carboxylic acids is 1. The summed E-state index contributed by atoms with van der Waals surface area (Å²) in [5, 5.41) is 13.7. The van der Waals surface area contributed by atoms with Crippen molar-refractivity contribution < 1.29 is 28.5 Å². The molecule has 0 radical (unpaired) electrons. The van der Waals surface area contributed by atoms with E-state index in [1.165, 1.54) is 40.9 Å². The first kappa shape index (κ1) is 30.2. The fraction of sp³-hybridized carbons (Fsp3) is 0.500. The van der Waals surface area contributed by atoms with Crippen LogP contribution < -0.4 is 19.5 Å². The minimum Gasteiger partial charge on any atom is -0.493 e. The lowest BCUT2D eigenvalue weighted by Gasteiger charge is -2.47. The van der Waals surface area contributed by atoms with Crippen molar-refractivity contribution in [2.75, 3.05) is 18.7 Å². The second kappa shape index (κ2) is 11.7. The summed E-state index contributed by atoms with van der Waals surface area (Å²) in [5.41, 5.74) is 4.08. The van der Waals surface area contributed by atoms with Crippen molar-refractivity contribution >= 4 is 23.3 Å². The zero-order valence-corrected chi connectivity index (χ0v) is 26.6. The van der Waals surface area contributed by atoms with Crippen LogP contribution in [-0.4, -0.2) is 35.0 Å². The summed E-state index contributed by atoms with van der Waals surface area (Å²) in [5.74, 6) is 2.11. The molecule has 2 aromatic carbocycles. The van der Waals surface area contributed by atoms with E-state index >= 15 is 0 Å². The fourth-order valence-corrected chi connectivity index (χ4v) is 8.68. The van der Waals surface area contributed by atoms with E-state index in [2.05, 4.69) is 36.3 Å². The molecule has 0 saturated heterocycles. The SMILES string of the molecule is C[C@@H](COc1ccnc2c1[C@H](C)CCC2)C[C@H]1Cc2cc3c(cc2C12CCC(Nc1ccc(F)c(Cl)c1)(C(=O)O)CC2)OCO3. The van der Waals surface area contributed by atoms with Crippen LogP contribution in [0.3, 0.4) is 0 Å². The number of nitrogens with zero attached hydrogens (tertiary/aromatic N) is 1. The standard InChI is InChI=1S/C36H40ClFN2O5/c1-21(19-43-30-8-13-39-29-5-3-4-22(2)33(29)30)14-24-15-23-16-31-32(45-20-44-31)18-26(23)35(24)9-11-36(12-10-35,34(41)42)40-25-6-7-28(38)27(37)17-25/h6-8,13,16-18,21-22,24,40H,3-5,9-12,14-15,19-20H2,1-2H3,(H,41,42)/t21-,22-,24+,35?,36?/m1/s1. The van der Waals surface area contributed by atoms with E-state index in [0.29, 0.717) is 49.8 Å². The van der Waals surface area contributed by atoms with Gasteiger partial charge in [0.2, 0.25) is 6.79 Å². The highest BCUT2D eigenvalue weighted by Crippen LogP contribution is 2.58. The molecule has 1 saturated carbocycles. The summed E-state index contributed by atoms with van der Waals surface area (Å²) < 4.78 is 31.9. The molecule has 3 aromatic rings. The molecule has 2 heterocycles. The Bertz CT molecular complexity index is 1620. The Balaban J connectivity index is 1.13. The number of benzene rings is 2. The smallest absolute Gasteiger partial charge is 0.329 e. The van der Waals surface area contributed by atoms with Crippen LogP contribution in [0.5, 0.6) is 17.2 Å². The molecule has 1 aromatic heterocycles. The third-order valence-electron chi connectivity index (χ3n) is 10.9. The summed E-state index contributed by atoms with van der Waals surface area (Å²) in [6, 6.07) is 10.6. The number of rotatable bonds is 8. The van der Waals surface area contributed by atoms with Crippen LogP contribution in [-0.2, 0) is 23.1 Å². The summed E-state index contributed by atoms with van der Waals surface area (Å²) in [7, 11) is 0. The molecule has 0 unspecified atom stereocenters. The van der Waals surface area contributed by atoms with Gasteiger partial charge in [0.1, 0.15) is 17.1 Å². The van der Waals surface area contributed by atoms with Crippen molar-refractivity contribution in [1.82, 2.24) is 4.98 Å². The van der Waals surface area contributed by atoms with Gasteiger partial charge < -0.3 is 24.6 Å². The van der Waals surface area contributed by atoms with Gasteiger partial charge >= 0.3 is 5.97 Å². The van der Waals surface area contributed by atoms with Crippen LogP contribution in [0.2, 0.25) is 5.02 Å². The molecule has 1 aliphatic heterocycles. The lowest BCUT2D eigenvalue weighted by atomic mass is 9.59. The van der Waals surface area contributed by atoms with E-state index in [-0.39, 0.29) is 23.1 Å². The minimum absolute atomic E-state index is 0.0355. The van der Waals surface area contributed by atoms with E-state index in [1.807, 2.05) is 12.3 Å². The quantitative estimate of drug-likeness (QED) is 0.259. The molecule has 3 aliphatic carbocycles. The van der Waals surface area contributed by atoms with E-state index in [4.69, 9.17) is 25.8 Å². The Morgan fingerprint density at radius 1 is 1.18 bits per heavy atom. The van der Waals surface area contributed by atoms with E-state index in [9.17, 15) is 14.3 Å². The largest absolute Gasteiger partial charge is 0.493 e. The van der Waals surface area contributed by atoms with Crippen LogP contribution in [0.1, 0.15) is 87.1 Å². The van der Waals surface area contributed by atoms with Gasteiger partial charge in [0.15, 0.2) is 11.5 Å². The second-order valence-electron chi connectivity index (χ2n) is 13.7. The number of aryl methyl sites for hydroxylation is 1. The highest BCUT2D eigenvalue weighted by molar-refractivity contribution is 6.31. The summed E-state index contributed by atoms with van der Waals surface area (Å²) in [4.78, 5) is 17.4. The first-order valence-corrected chi connectivity index (χ1v) is 16.6. The normalized spacial score (nSPS) is 27.1. The second-order valence-corrected chi connectivity index (χ2v) is 14.1. The Hall–Kier alpha value is -3.52. The molecular weight excluding hydrogens is 595 g/mol. The first-order chi connectivity index (χ1) is 21.7. The Morgan fingerprint density at radius 3 is 2.71 bits per heavy atom. The van der Waals surface area contributed by atoms with Gasteiger partial charge in [-0.05, 0) is 128 Å². The van der Waals surface area contributed by atoms with Crippen LogP contribution in [0.15, 0.2) is 42.6 Å². The molecule has 0 bridgehead atoms. The maximum atomic E-state index is 13.9. The number of aromatic nitrogens is 1. The van der Waals surface area contributed by atoms with Crippen LogP contribution in [0.4, 0.5) is 10.1 Å². The highest BCUT2D eigenvalue weighted by atomic mass is 35.5. The number of hydrogen-bond donors (Lipinski definition) is 2. The van der Waals surface area contributed by atoms with Crippen molar-refractivity contribution in [3.63, 3.8) is 0 Å². The average molecular weight is 635 g/mol. The lowest BCUT2D eigenvalue weighted by Crippen LogP contribution is -2.53. The Morgan fingerprint density at radius 2 is 1.96 bits per heavy atom. The number of carbonyl (C=O) groups is 1. The molecule has 238 valence electrons. The third-order valence-corrected chi connectivity index (χ3v) is 11.2. The van der Waals surface area contributed by atoms with Crippen molar-refractivity contribution in [2.45, 2.75) is 88.5 Å². The van der Waals surface area contributed by atoms with Gasteiger partial charge in [-0.1, -0.05) is 25.4 Å². The molecule has 7 nitrogen and oxygen atoms in total. The fourth-order valence-electron chi connectivity index (χ4n) is 8.50. The van der Waals surface area contributed by atoms with E-state index in [1.54, 1.807) is 6.07 Å². The van der Waals surface area contributed by atoms with Crippen LogP contribution in [0.25, 0.3) is 0 Å². The monoisotopic (exact) mass is 634 g/mol. The molecular formula is C36H40ClFN2O5. The molecule has 45 heavy (non-hydrogen) atoms. The number of ether oxygens (including phenoxy) is 3. The van der Waals surface area contributed by atoms with E-state index < -0.39 is 17.3 Å². The number of nitrogens with one attached hydrogen (secondary N) is 1. The molecule has 2 N–H and O–H groups in total. The summed E-state index contributed by atoms with van der Waals surface area (Å²) in [6.45, 7) is 5.34. The molecule has 0 amide bonds. The van der Waals surface area contributed by atoms with Crippen LogP contribution >= 0.6 is 11.6 Å². The number of aliphatic carboxylic acids is 1. The Kier molecular flexibility index (Phi) is 7.83. The first-order valence-electron chi connectivity index (χ1n) is 16.2. The predicted molar refractivity (Wildman–Crippen MR) is 170 cm³/mol. The Labute approximate surface area is 268 Å². The lowest BCUT2D eigenvalue weighted by molar-refractivity contribution is -0.144. The van der Waals surface area contributed by atoms with E-state index in [0.717, 1.165) is 42.9 Å². The number of anilines is 1. The van der Waals surface area contributed by atoms with Crippen molar-refractivity contribution in [3.05, 3.63) is 75.8 Å². The molecule has 3 atom stereocenters. The van der Waals surface area contributed by atoms with Gasteiger partial charge in [-0.15, -0.1) is 0 Å². The molecule has 7 rings (SSSR count). The number of carboxylic acid groups (broad SMARTS) is 1. The van der Waals surface area contributed by atoms with Gasteiger partial charge in [0.05, 0.1) is 11.6 Å². The third kappa shape index (κ3) is 5.39. The number of fused-ring (bicyclic) bond motifs is 4.